The van der Waals surface area contributed by atoms with Gasteiger partial charge in [0.05, 0.1) is 6.42 Å². The van der Waals surface area contributed by atoms with Crippen molar-refractivity contribution in [2.75, 3.05) is 26.7 Å². The molecule has 2 aromatic rings. The lowest BCUT2D eigenvalue weighted by atomic mass is 9.95. The van der Waals surface area contributed by atoms with Crippen molar-refractivity contribution < 1.29 is 9.59 Å². The number of aryl methyl sites for hydroxylation is 1. The quantitative estimate of drug-likeness (QED) is 0.748. The SMILES string of the molecule is CN1CCCC1CCNC(=O)c1c2c(cn(C)c1=O)CN(C(=O)Cc1ccccc1)CC2. The predicted molar refractivity (Wildman–Crippen MR) is 124 cm³/mol. The molecule has 32 heavy (non-hydrogen) atoms. The average molecular weight is 437 g/mol. The molecule has 1 fully saturated rings. The molecule has 1 N–H and O–H groups in total. The normalized spacial score (nSPS) is 18.4. The highest BCUT2D eigenvalue weighted by Crippen LogP contribution is 2.22. The van der Waals surface area contributed by atoms with E-state index in [1.807, 2.05) is 35.2 Å². The molecule has 170 valence electrons. The van der Waals surface area contributed by atoms with Gasteiger partial charge in [-0.2, -0.15) is 0 Å². The van der Waals surface area contributed by atoms with Gasteiger partial charge in [0.2, 0.25) is 5.91 Å². The van der Waals surface area contributed by atoms with E-state index < -0.39 is 0 Å². The number of likely N-dealkylation sites (tertiary alicyclic amines) is 1. The molecular weight excluding hydrogens is 404 g/mol. The minimum Gasteiger partial charge on any atom is -0.352 e. The monoisotopic (exact) mass is 436 g/mol. The minimum absolute atomic E-state index is 0.0578. The zero-order valence-electron chi connectivity index (χ0n) is 19.0. The number of nitrogens with one attached hydrogen (secondary N) is 1. The van der Waals surface area contributed by atoms with E-state index in [-0.39, 0.29) is 22.9 Å². The first-order valence-electron chi connectivity index (χ1n) is 11.5. The summed E-state index contributed by atoms with van der Waals surface area (Å²) in [6.45, 7) is 2.59. The fourth-order valence-electron chi connectivity index (χ4n) is 4.90. The maximum Gasteiger partial charge on any atom is 0.263 e. The Labute approximate surface area is 189 Å². The molecule has 0 aliphatic carbocycles. The molecule has 0 radical (unpaired) electrons. The zero-order valence-corrected chi connectivity index (χ0v) is 19.0. The third-order valence-electron chi connectivity index (χ3n) is 6.78. The molecule has 7 nitrogen and oxygen atoms in total. The molecule has 1 unspecified atom stereocenters. The molecular formula is C25H32N4O3. The molecule has 4 rings (SSSR count). The van der Waals surface area contributed by atoms with E-state index in [0.29, 0.717) is 38.5 Å². The highest BCUT2D eigenvalue weighted by molar-refractivity contribution is 5.95. The molecule has 1 aromatic heterocycles. The summed E-state index contributed by atoms with van der Waals surface area (Å²) >= 11 is 0. The Bertz CT molecular complexity index is 1050. The lowest BCUT2D eigenvalue weighted by Crippen LogP contribution is -2.42. The molecule has 2 amide bonds. The van der Waals surface area contributed by atoms with Crippen LogP contribution in [0, 0.1) is 0 Å². The number of fused-ring (bicyclic) bond motifs is 1. The summed E-state index contributed by atoms with van der Waals surface area (Å²) in [7, 11) is 3.78. The number of carbonyl (C=O) groups excluding carboxylic acids is 2. The number of hydrogen-bond donors (Lipinski definition) is 1. The molecule has 0 bridgehead atoms. The van der Waals surface area contributed by atoms with Crippen molar-refractivity contribution in [3.63, 3.8) is 0 Å². The highest BCUT2D eigenvalue weighted by atomic mass is 16.2. The minimum atomic E-state index is -0.299. The molecule has 1 saturated heterocycles. The van der Waals surface area contributed by atoms with Crippen LogP contribution in [0.5, 0.6) is 0 Å². The van der Waals surface area contributed by atoms with Gasteiger partial charge in [0.25, 0.3) is 11.5 Å². The van der Waals surface area contributed by atoms with Crippen LogP contribution in [0.25, 0.3) is 0 Å². The van der Waals surface area contributed by atoms with Crippen LogP contribution >= 0.6 is 0 Å². The fourth-order valence-corrected chi connectivity index (χ4v) is 4.90. The first-order chi connectivity index (χ1) is 15.4. The lowest BCUT2D eigenvalue weighted by Gasteiger charge is -2.30. The Kier molecular flexibility index (Phi) is 6.74. The smallest absolute Gasteiger partial charge is 0.263 e. The van der Waals surface area contributed by atoms with Gasteiger partial charge in [0.1, 0.15) is 5.56 Å². The topological polar surface area (TPSA) is 74.7 Å². The van der Waals surface area contributed by atoms with Gasteiger partial charge >= 0.3 is 0 Å². The van der Waals surface area contributed by atoms with Crippen molar-refractivity contribution in [1.82, 2.24) is 19.7 Å². The second kappa shape index (κ2) is 9.69. The number of hydrogen-bond acceptors (Lipinski definition) is 4. The van der Waals surface area contributed by atoms with E-state index in [1.54, 1.807) is 13.2 Å². The van der Waals surface area contributed by atoms with Crippen LogP contribution in [-0.2, 0) is 31.2 Å². The van der Waals surface area contributed by atoms with Crippen LogP contribution in [0.3, 0.4) is 0 Å². The van der Waals surface area contributed by atoms with Gasteiger partial charge in [0.15, 0.2) is 0 Å². The maximum atomic E-state index is 13.0. The van der Waals surface area contributed by atoms with Crippen molar-refractivity contribution >= 4 is 11.8 Å². The Balaban J connectivity index is 1.46. The van der Waals surface area contributed by atoms with Crippen LogP contribution in [0.4, 0.5) is 0 Å². The van der Waals surface area contributed by atoms with E-state index >= 15 is 0 Å². The third kappa shape index (κ3) is 4.78. The van der Waals surface area contributed by atoms with Gasteiger partial charge in [-0.05, 0) is 56.0 Å². The summed E-state index contributed by atoms with van der Waals surface area (Å²) in [6, 6.07) is 10.2. The van der Waals surface area contributed by atoms with Crippen molar-refractivity contribution in [3.05, 3.63) is 69.1 Å². The molecule has 0 spiro atoms. The second-order valence-corrected chi connectivity index (χ2v) is 8.97. The zero-order chi connectivity index (χ0) is 22.7. The van der Waals surface area contributed by atoms with Crippen LogP contribution in [0.15, 0.2) is 41.3 Å². The Hall–Kier alpha value is -2.93. The molecule has 0 saturated carbocycles. The number of benzene rings is 1. The first kappa shape index (κ1) is 22.3. The Morgan fingerprint density at radius 3 is 2.62 bits per heavy atom. The van der Waals surface area contributed by atoms with Crippen molar-refractivity contribution in [1.29, 1.82) is 0 Å². The maximum absolute atomic E-state index is 13.0. The summed E-state index contributed by atoms with van der Waals surface area (Å²) in [5.74, 6) is -0.241. The number of amides is 2. The van der Waals surface area contributed by atoms with Crippen LogP contribution in [0.2, 0.25) is 0 Å². The average Bonchev–Trinajstić information content (AvgIpc) is 3.19. The summed E-state index contributed by atoms with van der Waals surface area (Å²) < 4.78 is 1.46. The number of rotatable bonds is 6. The number of pyridine rings is 1. The summed E-state index contributed by atoms with van der Waals surface area (Å²) in [4.78, 5) is 42.8. The lowest BCUT2D eigenvalue weighted by molar-refractivity contribution is -0.131. The van der Waals surface area contributed by atoms with Crippen LogP contribution < -0.4 is 10.9 Å². The largest absolute Gasteiger partial charge is 0.352 e. The molecule has 7 heteroatoms. The van der Waals surface area contributed by atoms with E-state index in [1.165, 1.54) is 11.0 Å². The summed E-state index contributed by atoms with van der Waals surface area (Å²) in [6.07, 6.45) is 5.87. The molecule has 1 aromatic carbocycles. The summed E-state index contributed by atoms with van der Waals surface area (Å²) in [5.41, 5.74) is 2.60. The molecule has 2 aliphatic heterocycles. The molecule has 1 atom stereocenters. The van der Waals surface area contributed by atoms with Gasteiger partial charge in [-0.25, -0.2) is 0 Å². The predicted octanol–water partition coefficient (Wildman–Crippen LogP) is 1.73. The van der Waals surface area contributed by atoms with E-state index in [0.717, 1.165) is 36.1 Å². The number of aromatic nitrogens is 1. The van der Waals surface area contributed by atoms with Crippen LogP contribution in [-0.4, -0.2) is 58.9 Å². The van der Waals surface area contributed by atoms with Gasteiger partial charge in [-0.3, -0.25) is 14.4 Å². The third-order valence-corrected chi connectivity index (χ3v) is 6.78. The van der Waals surface area contributed by atoms with Gasteiger partial charge in [-0.1, -0.05) is 30.3 Å². The molecule has 2 aliphatic rings. The van der Waals surface area contributed by atoms with E-state index in [4.69, 9.17) is 0 Å². The van der Waals surface area contributed by atoms with Crippen molar-refractivity contribution in [2.24, 2.45) is 7.05 Å². The van der Waals surface area contributed by atoms with E-state index in [9.17, 15) is 14.4 Å². The Morgan fingerprint density at radius 2 is 1.91 bits per heavy atom. The van der Waals surface area contributed by atoms with Crippen molar-refractivity contribution in [3.8, 4) is 0 Å². The highest BCUT2D eigenvalue weighted by Gasteiger charge is 2.28. The number of nitrogens with zero attached hydrogens (tertiary/aromatic N) is 3. The van der Waals surface area contributed by atoms with Gasteiger partial charge in [-0.15, -0.1) is 0 Å². The fraction of sp³-hybridized carbons (Fsp3) is 0.480. The molecule has 3 heterocycles. The Morgan fingerprint density at radius 1 is 1.12 bits per heavy atom. The van der Waals surface area contributed by atoms with Crippen LogP contribution in [0.1, 0.15) is 46.3 Å². The van der Waals surface area contributed by atoms with E-state index in [2.05, 4.69) is 17.3 Å². The van der Waals surface area contributed by atoms with Crippen molar-refractivity contribution in [2.45, 2.75) is 44.7 Å². The second-order valence-electron chi connectivity index (χ2n) is 8.97. The first-order valence-corrected chi connectivity index (χ1v) is 11.5. The standard InChI is InChI=1S/C25H32N4O3/c1-27-13-6-9-20(27)10-12-26-24(31)23-21-11-14-29(17-19(21)16-28(2)25(23)32)22(30)15-18-7-4-3-5-8-18/h3-5,7-8,16,20H,6,9-15,17H2,1-2H3,(H,26,31). The van der Waals surface area contributed by atoms with Gasteiger partial charge < -0.3 is 19.7 Å². The van der Waals surface area contributed by atoms with Gasteiger partial charge in [0, 0.05) is 38.9 Å². The summed E-state index contributed by atoms with van der Waals surface area (Å²) in [5, 5.41) is 2.97. The number of carbonyl (C=O) groups is 2.